The zero-order chi connectivity index (χ0) is 26.1. The third-order valence-corrected chi connectivity index (χ3v) is 8.61. The molecule has 37 heavy (non-hydrogen) atoms. The SMILES string of the molecule is CCOC(=O)N1CCN(C(=O)C2CCN(c3cccc4c3C(=O)N([C@@H](C)c3cccs3)C4=O)CC2)CC1. The number of hydrogen-bond donors (Lipinski definition) is 0. The van der Waals surface area contributed by atoms with Gasteiger partial charge in [-0.3, -0.25) is 19.3 Å². The van der Waals surface area contributed by atoms with Crippen molar-refractivity contribution in [1.29, 1.82) is 0 Å². The third kappa shape index (κ3) is 4.70. The van der Waals surface area contributed by atoms with E-state index in [2.05, 4.69) is 4.90 Å². The number of ether oxygens (including phenoxy) is 1. The molecule has 0 saturated carbocycles. The molecule has 196 valence electrons. The Kier molecular flexibility index (Phi) is 7.19. The van der Waals surface area contributed by atoms with Gasteiger partial charge in [0.05, 0.1) is 29.5 Å². The van der Waals surface area contributed by atoms with Gasteiger partial charge in [-0.2, -0.15) is 0 Å². The Labute approximate surface area is 220 Å². The van der Waals surface area contributed by atoms with Crippen LogP contribution in [0.3, 0.4) is 0 Å². The van der Waals surface area contributed by atoms with Crippen molar-refractivity contribution < 1.29 is 23.9 Å². The van der Waals surface area contributed by atoms with Crippen molar-refractivity contribution in [2.24, 2.45) is 5.92 Å². The molecule has 4 heterocycles. The molecule has 0 N–H and O–H groups in total. The van der Waals surface area contributed by atoms with E-state index < -0.39 is 0 Å². The second-order valence-corrected chi connectivity index (χ2v) is 10.6. The van der Waals surface area contributed by atoms with E-state index in [9.17, 15) is 19.2 Å². The van der Waals surface area contributed by atoms with Crippen LogP contribution in [0.4, 0.5) is 10.5 Å². The third-order valence-electron chi connectivity index (χ3n) is 7.57. The minimum absolute atomic E-state index is 0.0881. The lowest BCUT2D eigenvalue weighted by Crippen LogP contribution is -2.53. The Bertz CT molecular complexity index is 1180. The largest absolute Gasteiger partial charge is 0.450 e. The van der Waals surface area contributed by atoms with Gasteiger partial charge in [-0.05, 0) is 50.3 Å². The first-order valence-electron chi connectivity index (χ1n) is 12.9. The number of piperidine rings is 1. The number of nitrogens with zero attached hydrogens (tertiary/aromatic N) is 4. The van der Waals surface area contributed by atoms with Crippen LogP contribution in [0.5, 0.6) is 0 Å². The first kappa shape index (κ1) is 25.3. The highest BCUT2D eigenvalue weighted by Gasteiger charge is 2.42. The van der Waals surface area contributed by atoms with Crippen LogP contribution in [0, 0.1) is 5.92 Å². The monoisotopic (exact) mass is 524 g/mol. The van der Waals surface area contributed by atoms with E-state index in [0.29, 0.717) is 69.8 Å². The highest BCUT2D eigenvalue weighted by atomic mass is 32.1. The van der Waals surface area contributed by atoms with Crippen molar-refractivity contribution in [3.8, 4) is 0 Å². The van der Waals surface area contributed by atoms with Crippen LogP contribution in [0.1, 0.15) is 58.3 Å². The number of amides is 4. The van der Waals surface area contributed by atoms with Gasteiger partial charge in [0.25, 0.3) is 11.8 Å². The average Bonchev–Trinajstić information content (AvgIpc) is 3.55. The molecule has 0 radical (unpaired) electrons. The molecule has 5 rings (SSSR count). The fourth-order valence-corrected chi connectivity index (χ4v) is 6.28. The van der Waals surface area contributed by atoms with E-state index >= 15 is 0 Å². The van der Waals surface area contributed by atoms with Gasteiger partial charge in [0.2, 0.25) is 5.91 Å². The summed E-state index contributed by atoms with van der Waals surface area (Å²) in [5.74, 6) is -0.470. The van der Waals surface area contributed by atoms with E-state index in [1.54, 1.807) is 17.9 Å². The highest BCUT2D eigenvalue weighted by molar-refractivity contribution is 7.10. The Morgan fingerprint density at radius 2 is 1.68 bits per heavy atom. The minimum Gasteiger partial charge on any atom is -0.450 e. The fourth-order valence-electron chi connectivity index (χ4n) is 5.51. The number of anilines is 1. The first-order valence-corrected chi connectivity index (χ1v) is 13.8. The number of carbonyl (C=O) groups excluding carboxylic acids is 4. The molecule has 0 bridgehead atoms. The van der Waals surface area contributed by atoms with E-state index in [1.165, 1.54) is 16.2 Å². The second-order valence-electron chi connectivity index (χ2n) is 9.64. The van der Waals surface area contributed by atoms with Gasteiger partial charge >= 0.3 is 6.09 Å². The molecule has 3 aliphatic rings. The molecule has 0 aliphatic carbocycles. The maximum absolute atomic E-state index is 13.5. The van der Waals surface area contributed by atoms with E-state index in [1.807, 2.05) is 41.5 Å². The molecule has 2 aromatic rings. The number of thiophene rings is 1. The van der Waals surface area contributed by atoms with Gasteiger partial charge in [-0.1, -0.05) is 12.1 Å². The molecular weight excluding hydrogens is 492 g/mol. The molecule has 1 aromatic carbocycles. The number of piperazine rings is 1. The van der Waals surface area contributed by atoms with Crippen LogP contribution < -0.4 is 4.90 Å². The van der Waals surface area contributed by atoms with Crippen molar-refractivity contribution in [3.05, 3.63) is 51.7 Å². The molecule has 0 unspecified atom stereocenters. The predicted molar refractivity (Wildman–Crippen MR) is 140 cm³/mol. The number of fused-ring (bicyclic) bond motifs is 1. The lowest BCUT2D eigenvalue weighted by atomic mass is 9.93. The van der Waals surface area contributed by atoms with Crippen LogP contribution in [-0.2, 0) is 9.53 Å². The maximum atomic E-state index is 13.5. The number of rotatable bonds is 5. The zero-order valence-corrected chi connectivity index (χ0v) is 22.0. The summed E-state index contributed by atoms with van der Waals surface area (Å²) in [5.41, 5.74) is 1.69. The average molecular weight is 525 g/mol. The Balaban J connectivity index is 1.23. The van der Waals surface area contributed by atoms with Gasteiger partial charge < -0.3 is 19.4 Å². The molecule has 2 fully saturated rings. The van der Waals surface area contributed by atoms with Crippen molar-refractivity contribution in [1.82, 2.24) is 14.7 Å². The summed E-state index contributed by atoms with van der Waals surface area (Å²) in [7, 11) is 0. The van der Waals surface area contributed by atoms with Crippen molar-refractivity contribution in [3.63, 3.8) is 0 Å². The van der Waals surface area contributed by atoms with Gasteiger partial charge in [0.15, 0.2) is 0 Å². The van der Waals surface area contributed by atoms with Crippen LogP contribution >= 0.6 is 11.3 Å². The Hall–Kier alpha value is -3.40. The molecule has 1 atom stereocenters. The van der Waals surface area contributed by atoms with E-state index in [0.717, 1.165) is 10.6 Å². The lowest BCUT2D eigenvalue weighted by molar-refractivity contribution is -0.137. The van der Waals surface area contributed by atoms with Gasteiger partial charge in [-0.15, -0.1) is 11.3 Å². The Morgan fingerprint density at radius 1 is 0.973 bits per heavy atom. The summed E-state index contributed by atoms with van der Waals surface area (Å²) >= 11 is 1.53. The summed E-state index contributed by atoms with van der Waals surface area (Å²) in [6, 6.07) is 9.00. The normalized spacial score (nSPS) is 19.3. The summed E-state index contributed by atoms with van der Waals surface area (Å²) < 4.78 is 5.06. The highest BCUT2D eigenvalue weighted by Crippen LogP contribution is 2.38. The molecule has 10 heteroatoms. The van der Waals surface area contributed by atoms with Crippen LogP contribution in [0.25, 0.3) is 0 Å². The lowest BCUT2D eigenvalue weighted by Gasteiger charge is -2.39. The molecular formula is C27H32N4O5S. The molecule has 9 nitrogen and oxygen atoms in total. The molecule has 0 spiro atoms. The quantitative estimate of drug-likeness (QED) is 0.555. The fraction of sp³-hybridized carbons (Fsp3) is 0.481. The molecule has 2 saturated heterocycles. The summed E-state index contributed by atoms with van der Waals surface area (Å²) in [5, 5.41) is 1.95. The van der Waals surface area contributed by atoms with Crippen molar-refractivity contribution in [2.45, 2.75) is 32.7 Å². The summed E-state index contributed by atoms with van der Waals surface area (Å²) in [6.45, 7) is 7.27. The number of carbonyl (C=O) groups is 4. The van der Waals surface area contributed by atoms with Crippen LogP contribution in [0.15, 0.2) is 35.7 Å². The van der Waals surface area contributed by atoms with E-state index in [-0.39, 0.29) is 35.8 Å². The van der Waals surface area contributed by atoms with Crippen LogP contribution in [0.2, 0.25) is 0 Å². The van der Waals surface area contributed by atoms with Crippen LogP contribution in [-0.4, -0.2) is 84.4 Å². The first-order chi connectivity index (χ1) is 17.9. The zero-order valence-electron chi connectivity index (χ0n) is 21.2. The summed E-state index contributed by atoms with van der Waals surface area (Å²) in [4.78, 5) is 59.8. The number of hydrogen-bond acceptors (Lipinski definition) is 7. The standard InChI is InChI=1S/C27H32N4O5S/c1-3-36-27(35)30-15-13-29(14-16-30)24(32)19-9-11-28(12-10-19)21-7-4-6-20-23(21)26(34)31(25(20)33)18(2)22-8-5-17-37-22/h4-8,17-19H,3,9-16H2,1-2H3/t18-/m0/s1. The number of imide groups is 1. The minimum atomic E-state index is -0.326. The molecule has 3 aliphatic heterocycles. The molecule has 1 aromatic heterocycles. The van der Waals surface area contributed by atoms with Crippen molar-refractivity contribution >= 4 is 40.8 Å². The predicted octanol–water partition coefficient (Wildman–Crippen LogP) is 3.62. The maximum Gasteiger partial charge on any atom is 0.409 e. The van der Waals surface area contributed by atoms with Gasteiger partial charge in [0.1, 0.15) is 0 Å². The smallest absolute Gasteiger partial charge is 0.409 e. The second kappa shape index (κ2) is 10.5. The van der Waals surface area contributed by atoms with E-state index in [4.69, 9.17) is 4.74 Å². The van der Waals surface area contributed by atoms with Gasteiger partial charge in [0, 0.05) is 50.1 Å². The summed E-state index contributed by atoms with van der Waals surface area (Å²) in [6.07, 6.45) is 1.03. The number of benzene rings is 1. The molecule has 4 amide bonds. The van der Waals surface area contributed by atoms with Crippen molar-refractivity contribution in [2.75, 3.05) is 50.8 Å². The van der Waals surface area contributed by atoms with Gasteiger partial charge in [-0.25, -0.2) is 4.79 Å². The topological polar surface area (TPSA) is 90.5 Å². The Morgan fingerprint density at radius 3 is 2.32 bits per heavy atom.